The molecule has 0 fully saturated rings. The van der Waals surface area contributed by atoms with Crippen molar-refractivity contribution in [3.63, 3.8) is 0 Å². The van der Waals surface area contributed by atoms with Crippen molar-refractivity contribution in [1.29, 1.82) is 0 Å². The minimum absolute atomic E-state index is 0.0932. The molecule has 6 nitrogen and oxygen atoms in total. The van der Waals surface area contributed by atoms with Crippen LogP contribution in [0.2, 0.25) is 0 Å². The van der Waals surface area contributed by atoms with Gasteiger partial charge in [-0.1, -0.05) is 12.1 Å². The molecule has 16 heteroatoms. The van der Waals surface area contributed by atoms with Crippen LogP contribution in [-0.2, 0) is 29.7 Å². The molecule has 1 aromatic carbocycles. The van der Waals surface area contributed by atoms with Crippen LogP contribution < -0.4 is 10.6 Å². The second-order valence-electron chi connectivity index (χ2n) is 7.76. The summed E-state index contributed by atoms with van der Waals surface area (Å²) in [5.41, 5.74) is -6.80. The number of nitrogens with zero attached hydrogens (tertiary/aromatic N) is 2. The first kappa shape index (κ1) is 30.0. The van der Waals surface area contributed by atoms with Crippen LogP contribution in [-0.4, -0.2) is 33.2 Å². The lowest BCUT2D eigenvalue weighted by Gasteiger charge is -2.19. The predicted molar refractivity (Wildman–Crippen MR) is 123 cm³/mol. The molecule has 1 unspecified atom stereocenters. The third kappa shape index (κ3) is 6.73. The van der Waals surface area contributed by atoms with Crippen LogP contribution in [0.25, 0.3) is 11.3 Å². The molecule has 0 aliphatic rings. The van der Waals surface area contributed by atoms with Crippen molar-refractivity contribution in [2.75, 3.05) is 23.4 Å². The van der Waals surface area contributed by atoms with Gasteiger partial charge in [0, 0.05) is 18.7 Å². The lowest BCUT2D eigenvalue weighted by atomic mass is 10.0. The zero-order valence-electron chi connectivity index (χ0n) is 19.8. The van der Waals surface area contributed by atoms with E-state index in [1.807, 2.05) is 0 Å². The minimum atomic E-state index is -5.13. The number of alkyl halides is 9. The summed E-state index contributed by atoms with van der Waals surface area (Å²) in [6.45, 7) is 1.34. The van der Waals surface area contributed by atoms with Gasteiger partial charge in [0.2, 0.25) is 0 Å². The number of carbonyl (C=O) groups excluding carboxylic acids is 1. The molecule has 0 aliphatic heterocycles. The second kappa shape index (κ2) is 10.9. The van der Waals surface area contributed by atoms with Gasteiger partial charge in [-0.05, 0) is 36.3 Å². The van der Waals surface area contributed by atoms with Crippen LogP contribution in [0.1, 0.15) is 34.2 Å². The van der Waals surface area contributed by atoms with E-state index in [9.17, 15) is 48.9 Å². The van der Waals surface area contributed by atoms with Crippen LogP contribution >= 0.6 is 0 Å². The summed E-state index contributed by atoms with van der Waals surface area (Å²) >= 11 is -2.21. The topological polar surface area (TPSA) is 90.0 Å². The van der Waals surface area contributed by atoms with Gasteiger partial charge in [0.15, 0.2) is 10.6 Å². The smallest absolute Gasteiger partial charge is 0.433 e. The van der Waals surface area contributed by atoms with Crippen LogP contribution in [0.5, 0.6) is 0 Å². The van der Waals surface area contributed by atoms with E-state index in [-0.39, 0.29) is 11.4 Å². The summed E-state index contributed by atoms with van der Waals surface area (Å²) in [6, 6.07) is 3.34. The predicted octanol–water partition coefficient (Wildman–Crippen LogP) is 6.62. The van der Waals surface area contributed by atoms with Crippen molar-refractivity contribution in [2.24, 2.45) is 0 Å². The van der Waals surface area contributed by atoms with E-state index in [2.05, 4.69) is 20.6 Å². The number of halogens is 9. The van der Waals surface area contributed by atoms with Crippen molar-refractivity contribution in [3.8, 4) is 11.3 Å². The summed E-state index contributed by atoms with van der Waals surface area (Å²) < 4.78 is 133. The highest BCUT2D eigenvalue weighted by molar-refractivity contribution is 7.91. The Hall–Kier alpha value is -3.53. The van der Waals surface area contributed by atoms with Crippen LogP contribution in [0.4, 0.5) is 50.9 Å². The fourth-order valence-electron chi connectivity index (χ4n) is 3.33. The molecule has 210 valence electrons. The molecule has 39 heavy (non-hydrogen) atoms. The van der Waals surface area contributed by atoms with Crippen molar-refractivity contribution >= 4 is 28.5 Å². The second-order valence-corrected chi connectivity index (χ2v) is 9.46. The summed E-state index contributed by atoms with van der Waals surface area (Å²) in [5.74, 6) is -1.57. The first-order valence-corrected chi connectivity index (χ1v) is 12.0. The molecule has 2 heterocycles. The maximum Gasteiger partial charge on any atom is 0.433 e. The maximum absolute atomic E-state index is 13.9. The molecular weight excluding hydrogens is 567 g/mol. The number of benzene rings is 1. The van der Waals surface area contributed by atoms with Gasteiger partial charge in [0.05, 0.1) is 34.4 Å². The van der Waals surface area contributed by atoms with E-state index < -0.39 is 80.0 Å². The van der Waals surface area contributed by atoms with Crippen molar-refractivity contribution < 1.29 is 48.9 Å². The van der Waals surface area contributed by atoms with Crippen molar-refractivity contribution in [3.05, 3.63) is 65.1 Å². The SMILES string of the molecule is CC[S+]([O-])c1cc(C(F)(F)F)c(-c2ccc(C(F)(F)F)cc2)nc1C(=O)Nc1cc(C(F)(F)F)ncc1NC. The van der Waals surface area contributed by atoms with Crippen molar-refractivity contribution in [1.82, 2.24) is 9.97 Å². The number of rotatable bonds is 6. The third-order valence-corrected chi connectivity index (χ3v) is 6.54. The van der Waals surface area contributed by atoms with Gasteiger partial charge in [-0.15, -0.1) is 0 Å². The molecular formula is C23H17F9N4O2S. The number of anilines is 2. The van der Waals surface area contributed by atoms with Crippen LogP contribution in [0, 0.1) is 0 Å². The summed E-state index contributed by atoms with van der Waals surface area (Å²) in [4.78, 5) is 19.4. The highest BCUT2D eigenvalue weighted by Gasteiger charge is 2.39. The number of carbonyl (C=O) groups is 1. The molecule has 0 aliphatic carbocycles. The average molecular weight is 584 g/mol. The Kier molecular flexibility index (Phi) is 8.40. The van der Waals surface area contributed by atoms with E-state index in [0.717, 1.165) is 18.3 Å². The monoisotopic (exact) mass is 584 g/mol. The standard InChI is InChI=1S/C23H17F9N4O2S/c1-3-39(38)16-8-13(22(27,28)29)18(11-4-6-12(7-5-11)21(24,25)26)36-19(16)20(37)35-14-9-17(23(30,31)32)34-10-15(14)33-2/h4-10,33H,3H2,1-2H3,(H,34,35,37). The minimum Gasteiger partial charge on any atom is -0.611 e. The summed E-state index contributed by atoms with van der Waals surface area (Å²) in [6.07, 6.45) is -14.0. The molecule has 0 radical (unpaired) electrons. The lowest BCUT2D eigenvalue weighted by molar-refractivity contribution is -0.141. The Morgan fingerprint density at radius 2 is 1.54 bits per heavy atom. The Bertz CT molecular complexity index is 1360. The molecule has 0 bridgehead atoms. The van der Waals surface area contributed by atoms with Gasteiger partial charge in [-0.3, -0.25) is 4.79 Å². The third-order valence-electron chi connectivity index (χ3n) is 5.21. The average Bonchev–Trinajstić information content (AvgIpc) is 2.85. The molecule has 0 saturated carbocycles. The Morgan fingerprint density at radius 3 is 2.03 bits per heavy atom. The molecule has 0 spiro atoms. The number of pyridine rings is 2. The first-order chi connectivity index (χ1) is 18.0. The van der Waals surface area contributed by atoms with E-state index in [0.29, 0.717) is 24.3 Å². The number of hydrogen-bond acceptors (Lipinski definition) is 5. The van der Waals surface area contributed by atoms with Crippen molar-refractivity contribution in [2.45, 2.75) is 30.3 Å². The fraction of sp³-hybridized carbons (Fsp3) is 0.261. The molecule has 3 rings (SSSR count). The molecule has 2 aromatic heterocycles. The molecule has 3 aromatic rings. The van der Waals surface area contributed by atoms with Gasteiger partial charge in [-0.25, -0.2) is 9.97 Å². The number of aromatic nitrogens is 2. The van der Waals surface area contributed by atoms with Gasteiger partial charge in [-0.2, -0.15) is 39.5 Å². The van der Waals surface area contributed by atoms with Gasteiger partial charge < -0.3 is 15.2 Å². The van der Waals surface area contributed by atoms with Crippen LogP contribution in [0.3, 0.4) is 0 Å². The van der Waals surface area contributed by atoms with E-state index >= 15 is 0 Å². The fourth-order valence-corrected chi connectivity index (χ4v) is 4.25. The largest absolute Gasteiger partial charge is 0.611 e. The molecule has 1 amide bonds. The molecule has 2 N–H and O–H groups in total. The Balaban J connectivity index is 2.21. The van der Waals surface area contributed by atoms with E-state index in [4.69, 9.17) is 0 Å². The van der Waals surface area contributed by atoms with E-state index in [1.54, 1.807) is 0 Å². The number of nitrogens with one attached hydrogen (secondary N) is 2. The normalized spacial score (nSPS) is 13.2. The van der Waals surface area contributed by atoms with E-state index in [1.165, 1.54) is 14.0 Å². The highest BCUT2D eigenvalue weighted by atomic mass is 32.2. The summed E-state index contributed by atoms with van der Waals surface area (Å²) in [5, 5.41) is 4.60. The maximum atomic E-state index is 13.9. The summed E-state index contributed by atoms with van der Waals surface area (Å²) in [7, 11) is 1.30. The Labute approximate surface area is 217 Å². The number of hydrogen-bond donors (Lipinski definition) is 2. The zero-order chi connectivity index (χ0) is 29.3. The van der Waals surface area contributed by atoms with Gasteiger partial charge in [0.1, 0.15) is 11.4 Å². The Morgan fingerprint density at radius 1 is 0.923 bits per heavy atom. The zero-order valence-corrected chi connectivity index (χ0v) is 20.6. The van der Waals surface area contributed by atoms with Crippen LogP contribution in [0.15, 0.2) is 47.5 Å². The molecule has 0 saturated heterocycles. The lowest BCUT2D eigenvalue weighted by Crippen LogP contribution is -2.23. The van der Waals surface area contributed by atoms with Gasteiger partial charge in [0.25, 0.3) is 5.91 Å². The molecule has 1 atom stereocenters. The van der Waals surface area contributed by atoms with Gasteiger partial charge >= 0.3 is 18.5 Å². The highest BCUT2D eigenvalue weighted by Crippen LogP contribution is 2.40. The quantitative estimate of drug-likeness (QED) is 0.251. The number of amides is 1. The first-order valence-electron chi connectivity index (χ1n) is 10.7.